The van der Waals surface area contributed by atoms with Crippen LogP contribution in [-0.2, 0) is 36.1 Å². The van der Waals surface area contributed by atoms with Crippen molar-refractivity contribution >= 4 is 17.3 Å². The van der Waals surface area contributed by atoms with E-state index in [9.17, 15) is 14.4 Å². The molecule has 112 valence electrons. The first-order valence-electron chi connectivity index (χ1n) is 6.03. The number of carbonyl (C=O) groups excluding carboxylic acids is 3. The van der Waals surface area contributed by atoms with Crippen LogP contribution >= 0.6 is 0 Å². The molecule has 0 saturated heterocycles. The van der Waals surface area contributed by atoms with Crippen molar-refractivity contribution in [2.75, 3.05) is 13.2 Å². The molecule has 6 heteroatoms. The van der Waals surface area contributed by atoms with Gasteiger partial charge >= 0.3 is 0 Å². The molecule has 19 heavy (non-hydrogen) atoms. The Morgan fingerprint density at radius 2 is 0.947 bits per heavy atom. The molecule has 0 aliphatic heterocycles. The fourth-order valence-electron chi connectivity index (χ4n) is 0.859. The number of aliphatic hydroxyl groups is 2. The number of rotatable bonds is 5. The summed E-state index contributed by atoms with van der Waals surface area (Å²) in [6, 6.07) is 0. The molecule has 0 aliphatic rings. The van der Waals surface area contributed by atoms with Gasteiger partial charge in [-0.15, -0.1) is 0 Å². The van der Waals surface area contributed by atoms with Crippen molar-refractivity contribution in [1.29, 1.82) is 0 Å². The van der Waals surface area contributed by atoms with Gasteiger partial charge < -0.3 is 10.2 Å². The van der Waals surface area contributed by atoms with Gasteiger partial charge in [-0.05, 0) is 33.6 Å². The normalized spacial score (nSPS) is 8.21. The largest absolute Gasteiger partial charge is 0.396 e. The first kappa shape index (κ1) is 27.1. The Balaban J connectivity index is -0.000000105. The summed E-state index contributed by atoms with van der Waals surface area (Å²) < 4.78 is 0. The Kier molecular flexibility index (Phi) is 28.5. The van der Waals surface area contributed by atoms with E-state index in [1.165, 1.54) is 20.8 Å². The maximum absolute atomic E-state index is 10.6. The summed E-state index contributed by atoms with van der Waals surface area (Å²) in [5.41, 5.74) is 0. The molecule has 0 aromatic rings. The smallest absolute Gasteiger partial charge is 0.147 e. The van der Waals surface area contributed by atoms with E-state index in [1.807, 2.05) is 13.8 Å². The Bertz CT molecular complexity index is 200. The monoisotopic (exact) mass is 310 g/mol. The molecule has 0 saturated carbocycles. The molecule has 5 nitrogen and oxygen atoms in total. The zero-order valence-electron chi connectivity index (χ0n) is 12.5. The maximum Gasteiger partial charge on any atom is 0.147 e. The second-order valence-corrected chi connectivity index (χ2v) is 3.71. The molecule has 0 unspecified atom stereocenters. The fourth-order valence-corrected chi connectivity index (χ4v) is 0.859. The first-order valence-corrected chi connectivity index (χ1v) is 6.03. The molecule has 0 heterocycles. The molecule has 0 radical (unpaired) electrons. The summed E-state index contributed by atoms with van der Waals surface area (Å²) in [7, 11) is 0. The van der Waals surface area contributed by atoms with Crippen molar-refractivity contribution in [2.45, 2.75) is 47.5 Å². The zero-order valence-corrected chi connectivity index (χ0v) is 14.1. The SMILES string of the molecule is CC(=O)C(C(C)=O)C(C)=O.CCCO.CCCO.[Ti]. The fraction of sp³-hybridized carbons (Fsp3) is 0.769. The van der Waals surface area contributed by atoms with Crippen LogP contribution in [0.4, 0.5) is 0 Å². The van der Waals surface area contributed by atoms with E-state index in [-0.39, 0.29) is 39.1 Å². The molecule has 0 bridgehead atoms. The minimum atomic E-state index is -1.03. The number of Topliss-reactive ketones (excluding diaryl/α,β-unsaturated/α-hetero) is 3. The van der Waals surface area contributed by atoms with Gasteiger partial charge in [0, 0.05) is 34.9 Å². The topological polar surface area (TPSA) is 91.7 Å². The van der Waals surface area contributed by atoms with Gasteiger partial charge in [0.2, 0.25) is 0 Å². The molecular weight excluding hydrogens is 284 g/mol. The van der Waals surface area contributed by atoms with E-state index < -0.39 is 5.92 Å². The zero-order chi connectivity index (χ0) is 15.1. The van der Waals surface area contributed by atoms with Crippen LogP contribution in [-0.4, -0.2) is 40.8 Å². The van der Waals surface area contributed by atoms with Crippen LogP contribution in [0.25, 0.3) is 0 Å². The van der Waals surface area contributed by atoms with Crippen LogP contribution < -0.4 is 0 Å². The van der Waals surface area contributed by atoms with Crippen molar-refractivity contribution in [3.8, 4) is 0 Å². The molecule has 0 spiro atoms. The molecule has 0 fully saturated rings. The molecule has 0 atom stereocenters. The molecule has 0 aromatic heterocycles. The Hall–Kier alpha value is -0.356. The first-order chi connectivity index (χ1) is 8.29. The van der Waals surface area contributed by atoms with Crippen LogP contribution in [0.3, 0.4) is 0 Å². The van der Waals surface area contributed by atoms with Gasteiger partial charge in [-0.1, -0.05) is 13.8 Å². The van der Waals surface area contributed by atoms with Crippen molar-refractivity contribution in [3.05, 3.63) is 0 Å². The quantitative estimate of drug-likeness (QED) is 0.587. The van der Waals surface area contributed by atoms with Gasteiger partial charge in [0.15, 0.2) is 0 Å². The molecule has 0 amide bonds. The second kappa shape index (κ2) is 20.0. The average Bonchev–Trinajstić information content (AvgIpc) is 2.28. The Morgan fingerprint density at radius 3 is 0.947 bits per heavy atom. The number of ketones is 3. The maximum atomic E-state index is 10.6. The van der Waals surface area contributed by atoms with Crippen molar-refractivity contribution < 1.29 is 46.3 Å². The predicted octanol–water partition coefficient (Wildman–Crippen LogP) is 1.14. The molecule has 2 N–H and O–H groups in total. The van der Waals surface area contributed by atoms with E-state index in [0.29, 0.717) is 13.2 Å². The van der Waals surface area contributed by atoms with E-state index >= 15 is 0 Å². The molecule has 0 aliphatic carbocycles. The van der Waals surface area contributed by atoms with Gasteiger partial charge in [0.1, 0.15) is 23.3 Å². The van der Waals surface area contributed by atoms with E-state index in [4.69, 9.17) is 10.2 Å². The summed E-state index contributed by atoms with van der Waals surface area (Å²) in [4.78, 5) is 31.8. The third-order valence-electron chi connectivity index (χ3n) is 1.67. The third kappa shape index (κ3) is 23.2. The third-order valence-corrected chi connectivity index (χ3v) is 1.67. The van der Waals surface area contributed by atoms with Crippen LogP contribution in [0, 0.1) is 5.92 Å². The van der Waals surface area contributed by atoms with E-state index in [2.05, 4.69) is 0 Å². The van der Waals surface area contributed by atoms with Gasteiger partial charge in [-0.3, -0.25) is 14.4 Å². The molecular formula is C13H26O5Ti. The van der Waals surface area contributed by atoms with Gasteiger partial charge in [-0.2, -0.15) is 0 Å². The van der Waals surface area contributed by atoms with Crippen LogP contribution in [0.1, 0.15) is 47.5 Å². The van der Waals surface area contributed by atoms with Crippen molar-refractivity contribution in [3.63, 3.8) is 0 Å². The molecule has 0 aromatic carbocycles. The van der Waals surface area contributed by atoms with Gasteiger partial charge in [0.05, 0.1) is 0 Å². The van der Waals surface area contributed by atoms with Gasteiger partial charge in [-0.25, -0.2) is 0 Å². The Labute approximate surface area is 130 Å². The van der Waals surface area contributed by atoms with Crippen molar-refractivity contribution in [2.24, 2.45) is 5.92 Å². The number of aliphatic hydroxyl groups excluding tert-OH is 2. The molecule has 0 rings (SSSR count). The average molecular weight is 310 g/mol. The van der Waals surface area contributed by atoms with Crippen molar-refractivity contribution in [1.82, 2.24) is 0 Å². The second-order valence-electron chi connectivity index (χ2n) is 3.71. The summed E-state index contributed by atoms with van der Waals surface area (Å²) in [5.74, 6) is -2.15. The Morgan fingerprint density at radius 1 is 0.789 bits per heavy atom. The summed E-state index contributed by atoms with van der Waals surface area (Å²) in [6.45, 7) is 8.23. The van der Waals surface area contributed by atoms with Crippen LogP contribution in [0.2, 0.25) is 0 Å². The summed E-state index contributed by atoms with van der Waals surface area (Å²) in [5, 5.41) is 15.8. The van der Waals surface area contributed by atoms with Crippen LogP contribution in [0.5, 0.6) is 0 Å². The number of carbonyl (C=O) groups is 3. The van der Waals surface area contributed by atoms with E-state index in [1.54, 1.807) is 0 Å². The number of hydrogen-bond donors (Lipinski definition) is 2. The van der Waals surface area contributed by atoms with Crippen LogP contribution in [0.15, 0.2) is 0 Å². The minimum absolute atomic E-state index is 0. The predicted molar refractivity (Wildman–Crippen MR) is 70.3 cm³/mol. The summed E-state index contributed by atoms with van der Waals surface area (Å²) >= 11 is 0. The minimum Gasteiger partial charge on any atom is -0.396 e. The van der Waals surface area contributed by atoms with Gasteiger partial charge in [0.25, 0.3) is 0 Å². The summed E-state index contributed by atoms with van der Waals surface area (Å²) in [6.07, 6.45) is 1.75. The number of hydrogen-bond acceptors (Lipinski definition) is 5. The van der Waals surface area contributed by atoms with E-state index in [0.717, 1.165) is 12.8 Å². The standard InChI is InChI=1S/C7H10O3.2C3H8O.Ti/c1-4(8)7(5(2)9)6(3)10;2*1-2-3-4;/h7H,1-3H3;2*4H,2-3H2,1H3;.